The fraction of sp³-hybridized carbons (Fsp3) is 0.150. The molecular weight excluding hydrogens is 318 g/mol. The predicted molar refractivity (Wildman–Crippen MR) is 93.3 cm³/mol. The summed E-state index contributed by atoms with van der Waals surface area (Å²) in [6.07, 6.45) is 0.342. The van der Waals surface area contributed by atoms with Crippen LogP contribution in [0.25, 0.3) is 10.8 Å². The van der Waals surface area contributed by atoms with Gasteiger partial charge in [0.1, 0.15) is 5.41 Å². The highest BCUT2D eigenvalue weighted by Gasteiger charge is 2.63. The predicted octanol–water partition coefficient (Wildman–Crippen LogP) is 3.85. The van der Waals surface area contributed by atoms with Crippen LogP contribution < -0.4 is 0 Å². The molecule has 1 saturated carbocycles. The summed E-state index contributed by atoms with van der Waals surface area (Å²) in [5, 5.41) is 11.1. The SMILES string of the molecule is N#CC1(c2cccc3ccccc23)CC1S(=O)(=O)c1ccccc1. The van der Waals surface area contributed by atoms with Crippen LogP contribution in [0.1, 0.15) is 12.0 Å². The normalized spacial score (nSPS) is 22.9. The quantitative estimate of drug-likeness (QED) is 0.731. The molecule has 3 aromatic carbocycles. The lowest BCUT2D eigenvalue weighted by Gasteiger charge is -2.13. The molecule has 4 heteroatoms. The van der Waals surface area contributed by atoms with Crippen LogP contribution in [0, 0.1) is 11.3 Å². The van der Waals surface area contributed by atoms with Gasteiger partial charge < -0.3 is 0 Å². The lowest BCUT2D eigenvalue weighted by Crippen LogP contribution is -2.18. The van der Waals surface area contributed by atoms with Gasteiger partial charge in [-0.2, -0.15) is 5.26 Å². The molecule has 1 aliphatic carbocycles. The minimum atomic E-state index is -3.52. The lowest BCUT2D eigenvalue weighted by atomic mass is 9.92. The van der Waals surface area contributed by atoms with Gasteiger partial charge in [0, 0.05) is 0 Å². The van der Waals surface area contributed by atoms with Gasteiger partial charge in [-0.3, -0.25) is 0 Å². The molecule has 1 aliphatic rings. The highest BCUT2D eigenvalue weighted by molar-refractivity contribution is 7.92. The summed E-state index contributed by atoms with van der Waals surface area (Å²) in [7, 11) is -3.52. The molecule has 3 aromatic rings. The second-order valence-corrected chi connectivity index (χ2v) is 8.29. The van der Waals surface area contributed by atoms with Crippen molar-refractivity contribution in [2.75, 3.05) is 0 Å². The number of sulfone groups is 1. The zero-order valence-electron chi connectivity index (χ0n) is 12.9. The first-order valence-corrected chi connectivity index (χ1v) is 9.33. The van der Waals surface area contributed by atoms with Gasteiger partial charge in [-0.25, -0.2) is 8.42 Å². The summed E-state index contributed by atoms with van der Waals surface area (Å²) in [5.74, 6) is 0. The summed E-state index contributed by atoms with van der Waals surface area (Å²) >= 11 is 0. The number of benzene rings is 3. The van der Waals surface area contributed by atoms with Crippen molar-refractivity contribution >= 4 is 20.6 Å². The van der Waals surface area contributed by atoms with Crippen LogP contribution in [0.4, 0.5) is 0 Å². The molecule has 24 heavy (non-hydrogen) atoms. The lowest BCUT2D eigenvalue weighted by molar-refractivity contribution is 0.592. The van der Waals surface area contributed by atoms with E-state index in [0.717, 1.165) is 16.3 Å². The molecule has 0 N–H and O–H groups in total. The summed E-state index contributed by atoms with van der Waals surface area (Å²) in [5.41, 5.74) is -0.150. The third-order valence-electron chi connectivity index (χ3n) is 4.81. The number of hydrogen-bond donors (Lipinski definition) is 0. The topological polar surface area (TPSA) is 57.9 Å². The Morgan fingerprint density at radius 1 is 0.917 bits per heavy atom. The summed E-state index contributed by atoms with van der Waals surface area (Å²) in [4.78, 5) is 0.285. The molecule has 118 valence electrons. The van der Waals surface area contributed by atoms with Crippen LogP contribution in [0.5, 0.6) is 0 Å². The molecule has 0 saturated heterocycles. The maximum atomic E-state index is 12.9. The Kier molecular flexibility index (Phi) is 3.22. The highest BCUT2D eigenvalue weighted by Crippen LogP contribution is 2.55. The van der Waals surface area contributed by atoms with Gasteiger partial charge in [0.25, 0.3) is 0 Å². The third-order valence-corrected chi connectivity index (χ3v) is 7.06. The van der Waals surface area contributed by atoms with E-state index in [0.29, 0.717) is 6.42 Å². The largest absolute Gasteiger partial charge is 0.223 e. The van der Waals surface area contributed by atoms with Crippen molar-refractivity contribution in [1.29, 1.82) is 5.26 Å². The molecule has 0 spiro atoms. The Labute approximate surface area is 141 Å². The first kappa shape index (κ1) is 14.9. The van der Waals surface area contributed by atoms with Crippen molar-refractivity contribution in [2.24, 2.45) is 0 Å². The van der Waals surface area contributed by atoms with Gasteiger partial charge in [0.05, 0.1) is 16.2 Å². The highest BCUT2D eigenvalue weighted by atomic mass is 32.2. The van der Waals surface area contributed by atoms with E-state index >= 15 is 0 Å². The molecule has 1 fully saturated rings. The average molecular weight is 333 g/mol. The monoisotopic (exact) mass is 333 g/mol. The first-order valence-electron chi connectivity index (χ1n) is 7.78. The van der Waals surface area contributed by atoms with Crippen molar-refractivity contribution in [1.82, 2.24) is 0 Å². The molecule has 2 atom stereocenters. The summed E-state index contributed by atoms with van der Waals surface area (Å²) in [6, 6.07) is 24.2. The minimum absolute atomic E-state index is 0.285. The number of hydrogen-bond acceptors (Lipinski definition) is 3. The van der Waals surface area contributed by atoms with E-state index in [1.165, 1.54) is 0 Å². The molecule has 4 rings (SSSR count). The van der Waals surface area contributed by atoms with Crippen molar-refractivity contribution in [3.8, 4) is 6.07 Å². The second kappa shape index (κ2) is 5.19. The van der Waals surface area contributed by atoms with Crippen molar-refractivity contribution in [3.63, 3.8) is 0 Å². The molecule has 0 heterocycles. The summed E-state index contributed by atoms with van der Waals surface area (Å²) < 4.78 is 25.9. The van der Waals surface area contributed by atoms with E-state index in [4.69, 9.17) is 0 Å². The van der Waals surface area contributed by atoms with Crippen LogP contribution in [0.2, 0.25) is 0 Å². The van der Waals surface area contributed by atoms with Gasteiger partial charge in [-0.05, 0) is 34.9 Å². The van der Waals surface area contributed by atoms with Crippen LogP contribution in [-0.2, 0) is 15.3 Å². The van der Waals surface area contributed by atoms with Gasteiger partial charge in [-0.15, -0.1) is 0 Å². The Hall–Kier alpha value is -2.64. The fourth-order valence-corrected chi connectivity index (χ4v) is 5.51. The molecule has 0 aliphatic heterocycles. The minimum Gasteiger partial charge on any atom is -0.223 e. The van der Waals surface area contributed by atoms with Gasteiger partial charge >= 0.3 is 0 Å². The second-order valence-electron chi connectivity index (χ2n) is 6.16. The van der Waals surface area contributed by atoms with Crippen molar-refractivity contribution in [3.05, 3.63) is 78.4 Å². The molecule has 0 aromatic heterocycles. The molecule has 2 unspecified atom stereocenters. The van der Waals surface area contributed by atoms with Gasteiger partial charge in [-0.1, -0.05) is 60.7 Å². The van der Waals surface area contributed by atoms with Gasteiger partial charge in [0.15, 0.2) is 9.84 Å². The van der Waals surface area contributed by atoms with E-state index in [9.17, 15) is 13.7 Å². The van der Waals surface area contributed by atoms with Crippen LogP contribution >= 0.6 is 0 Å². The average Bonchev–Trinajstić information content (AvgIpc) is 3.39. The first-order chi connectivity index (χ1) is 11.6. The van der Waals surface area contributed by atoms with Crippen molar-refractivity contribution in [2.45, 2.75) is 22.0 Å². The maximum absolute atomic E-state index is 12.9. The number of fused-ring (bicyclic) bond motifs is 1. The van der Waals surface area contributed by atoms with E-state index in [-0.39, 0.29) is 4.90 Å². The Balaban J connectivity index is 1.85. The maximum Gasteiger partial charge on any atom is 0.183 e. The molecule has 3 nitrogen and oxygen atoms in total. The Morgan fingerprint density at radius 2 is 1.58 bits per heavy atom. The number of nitriles is 1. The molecule has 0 radical (unpaired) electrons. The number of nitrogens with zero attached hydrogens (tertiary/aromatic N) is 1. The van der Waals surface area contributed by atoms with Crippen molar-refractivity contribution < 1.29 is 8.42 Å². The van der Waals surface area contributed by atoms with E-state index in [1.807, 2.05) is 42.5 Å². The van der Waals surface area contributed by atoms with Crippen LogP contribution in [-0.4, -0.2) is 13.7 Å². The summed E-state index contributed by atoms with van der Waals surface area (Å²) in [6.45, 7) is 0. The van der Waals surface area contributed by atoms with Gasteiger partial charge in [0.2, 0.25) is 0 Å². The zero-order valence-corrected chi connectivity index (χ0v) is 13.7. The smallest absolute Gasteiger partial charge is 0.183 e. The van der Waals surface area contributed by atoms with Crippen LogP contribution in [0.15, 0.2) is 77.7 Å². The van der Waals surface area contributed by atoms with E-state index in [1.54, 1.807) is 30.3 Å². The Morgan fingerprint density at radius 3 is 2.33 bits per heavy atom. The van der Waals surface area contributed by atoms with E-state index in [2.05, 4.69) is 6.07 Å². The Bertz CT molecular complexity index is 1060. The fourth-order valence-electron chi connectivity index (χ4n) is 3.46. The molecular formula is C20H15NO2S. The zero-order chi connectivity index (χ0) is 16.8. The van der Waals surface area contributed by atoms with E-state index < -0.39 is 20.5 Å². The third kappa shape index (κ3) is 2.05. The number of rotatable bonds is 3. The molecule has 0 bridgehead atoms. The van der Waals surface area contributed by atoms with Crippen LogP contribution in [0.3, 0.4) is 0 Å². The molecule has 0 amide bonds. The standard InChI is InChI=1S/C20H15NO2S/c21-14-20(18-12-6-8-15-7-4-5-11-17(15)18)13-19(20)24(22,23)16-9-2-1-3-10-16/h1-12,19H,13H2.